The molecule has 0 radical (unpaired) electrons. The topological polar surface area (TPSA) is 98.5 Å². The minimum atomic E-state index is -0.534. The number of nitrogens with zero attached hydrogens (tertiary/aromatic N) is 1. The average molecular weight is 478 g/mol. The number of carbonyl (C=O) groups is 2. The third kappa shape index (κ3) is 6.07. The lowest BCUT2D eigenvalue weighted by molar-refractivity contribution is -0.385. The molecule has 0 atom stereocenters. The van der Waals surface area contributed by atoms with Crippen molar-refractivity contribution in [3.05, 3.63) is 31.2 Å². The Bertz CT molecular complexity index is 651. The van der Waals surface area contributed by atoms with Crippen LogP contribution in [0.1, 0.15) is 38.5 Å². The van der Waals surface area contributed by atoms with Crippen LogP contribution in [0.3, 0.4) is 0 Å². The average Bonchev–Trinajstić information content (AvgIpc) is 3.07. The summed E-state index contributed by atoms with van der Waals surface area (Å²) in [6.45, 7) is -0.390. The van der Waals surface area contributed by atoms with Crippen LogP contribution in [0.2, 0.25) is 0 Å². The number of carbonyl (C=O) groups excluding carboxylic acids is 2. The summed E-state index contributed by atoms with van der Waals surface area (Å²) in [6, 6.07) is 2.57. The number of nitro groups is 1. The van der Waals surface area contributed by atoms with Crippen LogP contribution in [0.4, 0.5) is 11.4 Å². The van der Waals surface area contributed by atoms with Crippen molar-refractivity contribution >= 4 is 55.1 Å². The molecule has 1 saturated carbocycles. The summed E-state index contributed by atoms with van der Waals surface area (Å²) in [6.07, 6.45) is 5.90. The maximum atomic E-state index is 11.9. The molecule has 1 amide bonds. The molecule has 1 aliphatic rings. The number of anilines is 1. The molecule has 1 aromatic rings. The summed E-state index contributed by atoms with van der Waals surface area (Å²) in [5, 5.41) is 13.4. The SMILES string of the molecule is O=C(COC(=O)CCC1CCCC1)Nc1c(Br)cc([N+](=O)[O-])cc1Br. The number of esters is 1. The molecule has 0 bridgehead atoms. The van der Waals surface area contributed by atoms with E-state index >= 15 is 0 Å². The molecule has 25 heavy (non-hydrogen) atoms. The predicted molar refractivity (Wildman–Crippen MR) is 99.3 cm³/mol. The number of hydrogen-bond donors (Lipinski definition) is 1. The van der Waals surface area contributed by atoms with Gasteiger partial charge in [0.1, 0.15) is 0 Å². The molecule has 0 heterocycles. The maximum absolute atomic E-state index is 11.9. The molecular formula is C16H18Br2N2O5. The largest absolute Gasteiger partial charge is 0.456 e. The van der Waals surface area contributed by atoms with E-state index in [-0.39, 0.29) is 18.3 Å². The van der Waals surface area contributed by atoms with Gasteiger partial charge in [0.15, 0.2) is 6.61 Å². The molecule has 7 nitrogen and oxygen atoms in total. The predicted octanol–water partition coefficient (Wildman–Crippen LogP) is 4.57. The summed E-state index contributed by atoms with van der Waals surface area (Å²) in [5.74, 6) is -0.304. The fraction of sp³-hybridized carbons (Fsp3) is 0.500. The zero-order valence-corrected chi connectivity index (χ0v) is 16.6. The number of ether oxygens (including phenoxy) is 1. The zero-order chi connectivity index (χ0) is 18.4. The van der Waals surface area contributed by atoms with E-state index in [2.05, 4.69) is 37.2 Å². The van der Waals surface area contributed by atoms with Crippen LogP contribution in [0.15, 0.2) is 21.1 Å². The first-order valence-electron chi connectivity index (χ1n) is 7.95. The van der Waals surface area contributed by atoms with Crippen molar-refractivity contribution in [3.8, 4) is 0 Å². The lowest BCUT2D eigenvalue weighted by atomic mass is 10.0. The molecule has 1 aromatic carbocycles. The van der Waals surface area contributed by atoms with Gasteiger partial charge in [-0.05, 0) is 44.2 Å². The van der Waals surface area contributed by atoms with Gasteiger partial charge >= 0.3 is 5.97 Å². The van der Waals surface area contributed by atoms with Crippen molar-refractivity contribution in [3.63, 3.8) is 0 Å². The monoisotopic (exact) mass is 476 g/mol. The molecule has 2 rings (SSSR count). The van der Waals surface area contributed by atoms with Gasteiger partial charge < -0.3 is 10.1 Å². The normalized spacial score (nSPS) is 14.3. The Balaban J connectivity index is 1.81. The quantitative estimate of drug-likeness (QED) is 0.352. The highest BCUT2D eigenvalue weighted by atomic mass is 79.9. The molecule has 0 aromatic heterocycles. The fourth-order valence-corrected chi connectivity index (χ4v) is 4.16. The number of nitro benzene ring substituents is 1. The van der Waals surface area contributed by atoms with Gasteiger partial charge in [-0.2, -0.15) is 0 Å². The number of hydrogen-bond acceptors (Lipinski definition) is 5. The first-order chi connectivity index (χ1) is 11.9. The molecule has 1 fully saturated rings. The standard InChI is InChI=1S/C16H18Br2N2O5/c17-12-7-11(20(23)24)8-13(18)16(12)19-14(21)9-25-15(22)6-5-10-3-1-2-4-10/h7-8,10H,1-6,9H2,(H,19,21). The van der Waals surface area contributed by atoms with Crippen molar-refractivity contribution in [1.29, 1.82) is 0 Å². The van der Waals surface area contributed by atoms with Crippen LogP contribution >= 0.6 is 31.9 Å². The lowest BCUT2D eigenvalue weighted by Crippen LogP contribution is -2.21. The minimum Gasteiger partial charge on any atom is -0.456 e. The molecule has 9 heteroatoms. The van der Waals surface area contributed by atoms with Crippen LogP contribution in [0.25, 0.3) is 0 Å². The van der Waals surface area contributed by atoms with E-state index in [1.165, 1.54) is 25.0 Å². The van der Waals surface area contributed by atoms with Gasteiger partial charge in [0.25, 0.3) is 11.6 Å². The van der Waals surface area contributed by atoms with Gasteiger partial charge in [-0.3, -0.25) is 19.7 Å². The number of amides is 1. The minimum absolute atomic E-state index is 0.116. The number of benzene rings is 1. The van der Waals surface area contributed by atoms with Gasteiger partial charge in [0.2, 0.25) is 0 Å². The highest BCUT2D eigenvalue weighted by molar-refractivity contribution is 9.11. The first-order valence-corrected chi connectivity index (χ1v) is 9.54. The second-order valence-electron chi connectivity index (χ2n) is 5.94. The van der Waals surface area contributed by atoms with Gasteiger partial charge in [0, 0.05) is 27.5 Å². The number of rotatable bonds is 7. The fourth-order valence-electron chi connectivity index (χ4n) is 2.80. The van der Waals surface area contributed by atoms with Crippen LogP contribution in [-0.4, -0.2) is 23.4 Å². The number of nitrogens with one attached hydrogen (secondary N) is 1. The Hall–Kier alpha value is -1.48. The van der Waals surface area contributed by atoms with Gasteiger partial charge in [0.05, 0.1) is 10.6 Å². The first kappa shape index (κ1) is 19.8. The third-order valence-electron chi connectivity index (χ3n) is 4.10. The number of non-ortho nitro benzene ring substituents is 1. The van der Waals surface area contributed by atoms with E-state index in [9.17, 15) is 19.7 Å². The Morgan fingerprint density at radius 3 is 2.40 bits per heavy atom. The van der Waals surface area contributed by atoms with E-state index in [1.807, 2.05) is 0 Å². The van der Waals surface area contributed by atoms with E-state index in [4.69, 9.17) is 4.74 Å². The van der Waals surface area contributed by atoms with Crippen molar-refractivity contribution in [2.24, 2.45) is 5.92 Å². The van der Waals surface area contributed by atoms with Crippen molar-refractivity contribution < 1.29 is 19.2 Å². The van der Waals surface area contributed by atoms with Crippen molar-refractivity contribution in [2.75, 3.05) is 11.9 Å². The highest BCUT2D eigenvalue weighted by Gasteiger charge is 2.18. The van der Waals surface area contributed by atoms with Crippen LogP contribution < -0.4 is 5.32 Å². The Kier molecular flexibility index (Phi) is 7.37. The van der Waals surface area contributed by atoms with E-state index in [1.54, 1.807) is 0 Å². The van der Waals surface area contributed by atoms with Crippen LogP contribution in [0, 0.1) is 16.0 Å². The van der Waals surface area contributed by atoms with Gasteiger partial charge in [-0.1, -0.05) is 25.7 Å². The second kappa shape index (κ2) is 9.28. The summed E-state index contributed by atoms with van der Waals surface area (Å²) >= 11 is 6.36. The van der Waals surface area contributed by atoms with Crippen molar-refractivity contribution in [1.82, 2.24) is 0 Å². The summed E-state index contributed by atoms with van der Waals surface area (Å²) in [5.41, 5.74) is 0.229. The third-order valence-corrected chi connectivity index (χ3v) is 5.35. The zero-order valence-electron chi connectivity index (χ0n) is 13.4. The Labute approximate surface area is 161 Å². The molecule has 1 N–H and O–H groups in total. The number of halogens is 2. The van der Waals surface area contributed by atoms with E-state index in [0.717, 1.165) is 19.3 Å². The maximum Gasteiger partial charge on any atom is 0.306 e. The molecule has 136 valence electrons. The second-order valence-corrected chi connectivity index (χ2v) is 7.65. The molecule has 1 aliphatic carbocycles. The Morgan fingerprint density at radius 1 is 1.24 bits per heavy atom. The van der Waals surface area contributed by atoms with E-state index in [0.29, 0.717) is 27.0 Å². The van der Waals surface area contributed by atoms with Crippen LogP contribution in [0.5, 0.6) is 0 Å². The summed E-state index contributed by atoms with van der Waals surface area (Å²) in [4.78, 5) is 33.9. The lowest BCUT2D eigenvalue weighted by Gasteiger charge is -2.11. The van der Waals surface area contributed by atoms with Crippen LogP contribution in [-0.2, 0) is 14.3 Å². The molecule has 0 spiro atoms. The summed E-state index contributed by atoms with van der Waals surface area (Å²) in [7, 11) is 0. The molecular weight excluding hydrogens is 460 g/mol. The Morgan fingerprint density at radius 2 is 1.84 bits per heavy atom. The summed E-state index contributed by atoms with van der Waals surface area (Å²) < 4.78 is 5.70. The van der Waals surface area contributed by atoms with Gasteiger partial charge in [-0.15, -0.1) is 0 Å². The molecule has 0 unspecified atom stereocenters. The van der Waals surface area contributed by atoms with Crippen molar-refractivity contribution in [2.45, 2.75) is 38.5 Å². The molecule has 0 saturated heterocycles. The smallest absolute Gasteiger partial charge is 0.306 e. The van der Waals surface area contributed by atoms with E-state index < -0.39 is 10.8 Å². The molecule has 0 aliphatic heterocycles. The van der Waals surface area contributed by atoms with Gasteiger partial charge in [-0.25, -0.2) is 0 Å². The highest BCUT2D eigenvalue weighted by Crippen LogP contribution is 2.35.